The Bertz CT molecular complexity index is 1430. The zero-order chi connectivity index (χ0) is 27.3. The van der Waals surface area contributed by atoms with Crippen LogP contribution in [0.2, 0.25) is 0 Å². The molecule has 0 heterocycles. The number of aryl methyl sites for hydroxylation is 8. The van der Waals surface area contributed by atoms with Crippen molar-refractivity contribution in [2.45, 2.75) is 51.4 Å². The van der Waals surface area contributed by atoms with Crippen molar-refractivity contribution in [2.24, 2.45) is 9.98 Å². The highest BCUT2D eigenvalue weighted by atomic mass is 16.3. The van der Waals surface area contributed by atoms with Crippen LogP contribution in [0.5, 0.6) is 11.5 Å². The molecule has 8 bridgehead atoms. The van der Waals surface area contributed by atoms with Crippen molar-refractivity contribution in [1.82, 2.24) is 0 Å². The summed E-state index contributed by atoms with van der Waals surface area (Å²) < 4.78 is 0. The van der Waals surface area contributed by atoms with Crippen LogP contribution in [0.1, 0.15) is 55.6 Å². The molecule has 0 radical (unpaired) electrons. The van der Waals surface area contributed by atoms with E-state index in [1.54, 1.807) is 0 Å². The van der Waals surface area contributed by atoms with Gasteiger partial charge in [0.2, 0.25) is 0 Å². The molecule has 0 aliphatic heterocycles. The van der Waals surface area contributed by atoms with E-state index >= 15 is 0 Å². The lowest BCUT2D eigenvalue weighted by Crippen LogP contribution is -2.04. The minimum absolute atomic E-state index is 0.355. The molecule has 40 heavy (non-hydrogen) atoms. The van der Waals surface area contributed by atoms with Crippen molar-refractivity contribution in [3.05, 3.63) is 128 Å². The van der Waals surface area contributed by atoms with Crippen molar-refractivity contribution >= 4 is 12.4 Å². The number of benzene rings is 4. The highest BCUT2D eigenvalue weighted by Crippen LogP contribution is 2.29. The number of rotatable bonds is 5. The Morgan fingerprint density at radius 3 is 1.07 bits per heavy atom. The van der Waals surface area contributed by atoms with Crippen molar-refractivity contribution in [2.75, 3.05) is 13.1 Å². The zero-order valence-electron chi connectivity index (χ0n) is 22.9. The van der Waals surface area contributed by atoms with Gasteiger partial charge in [-0.2, -0.15) is 0 Å². The Hall–Kier alpha value is -4.18. The van der Waals surface area contributed by atoms with Crippen LogP contribution in [0.4, 0.5) is 0 Å². The van der Waals surface area contributed by atoms with Crippen LogP contribution in [0.25, 0.3) is 0 Å². The van der Waals surface area contributed by atoms with Gasteiger partial charge in [0.15, 0.2) is 0 Å². The molecule has 0 saturated heterocycles. The summed E-state index contributed by atoms with van der Waals surface area (Å²) in [6.07, 6.45) is 10.6. The van der Waals surface area contributed by atoms with Crippen LogP contribution in [0.15, 0.2) is 82.8 Å². The van der Waals surface area contributed by atoms with E-state index in [4.69, 9.17) is 0 Å². The Morgan fingerprint density at radius 1 is 0.425 bits per heavy atom. The topological polar surface area (TPSA) is 65.2 Å². The van der Waals surface area contributed by atoms with Crippen LogP contribution < -0.4 is 0 Å². The van der Waals surface area contributed by atoms with E-state index in [2.05, 4.69) is 82.8 Å². The number of hydrogen-bond donors (Lipinski definition) is 2. The average Bonchev–Trinajstić information content (AvgIpc) is 2.96. The van der Waals surface area contributed by atoms with Gasteiger partial charge in [-0.05, 0) is 95.9 Å². The molecule has 202 valence electrons. The minimum atomic E-state index is 0.355. The van der Waals surface area contributed by atoms with Gasteiger partial charge < -0.3 is 10.2 Å². The van der Waals surface area contributed by atoms with E-state index < -0.39 is 0 Å². The van der Waals surface area contributed by atoms with Gasteiger partial charge in [-0.1, -0.05) is 72.8 Å². The molecule has 0 saturated carbocycles. The third kappa shape index (κ3) is 5.86. The molecule has 4 aromatic carbocycles. The number of hydrogen-bond acceptors (Lipinski definition) is 4. The molecule has 0 amide bonds. The summed E-state index contributed by atoms with van der Waals surface area (Å²) in [6.45, 7) is 1.03. The van der Waals surface area contributed by atoms with Crippen LogP contribution in [-0.2, 0) is 51.4 Å². The van der Waals surface area contributed by atoms with Gasteiger partial charge in [-0.25, -0.2) is 0 Å². The molecule has 8 aliphatic rings. The minimum Gasteiger partial charge on any atom is -0.507 e. The first-order valence-corrected chi connectivity index (χ1v) is 14.5. The van der Waals surface area contributed by atoms with Crippen molar-refractivity contribution < 1.29 is 10.2 Å². The second-order valence-electron chi connectivity index (χ2n) is 11.0. The van der Waals surface area contributed by atoms with E-state index in [9.17, 15) is 10.2 Å². The molecule has 12 rings (SSSR count). The fraction of sp³-hybridized carbons (Fsp3) is 0.278. The summed E-state index contributed by atoms with van der Waals surface area (Å²) in [7, 11) is 0. The average molecular weight is 529 g/mol. The van der Waals surface area contributed by atoms with Crippen LogP contribution >= 0.6 is 0 Å². The van der Waals surface area contributed by atoms with Gasteiger partial charge >= 0.3 is 0 Å². The normalized spacial score (nSPS) is 14.9. The lowest BCUT2D eigenvalue weighted by molar-refractivity contribution is 0.465. The molecule has 8 aliphatic carbocycles. The quantitative estimate of drug-likeness (QED) is 0.232. The fourth-order valence-electron chi connectivity index (χ4n) is 5.81. The maximum Gasteiger partial charge on any atom is 0.127 e. The lowest BCUT2D eigenvalue weighted by atomic mass is 9.92. The van der Waals surface area contributed by atoms with E-state index in [1.165, 1.54) is 22.3 Å². The Morgan fingerprint density at radius 2 is 0.725 bits per heavy atom. The lowest BCUT2D eigenvalue weighted by Gasteiger charge is -2.15. The number of aliphatic imine (C=N–C) groups is 2. The largest absolute Gasteiger partial charge is 0.507 e. The highest BCUT2D eigenvalue weighted by molar-refractivity contribution is 5.87. The van der Waals surface area contributed by atoms with E-state index in [-0.39, 0.29) is 0 Å². The molecule has 4 aromatic rings. The molecular weight excluding hydrogens is 492 g/mol. The maximum absolute atomic E-state index is 11.1. The Labute approximate surface area is 236 Å². The van der Waals surface area contributed by atoms with Gasteiger partial charge in [-0.15, -0.1) is 0 Å². The number of phenols is 2. The smallest absolute Gasteiger partial charge is 0.127 e. The monoisotopic (exact) mass is 528 g/mol. The molecule has 4 nitrogen and oxygen atoms in total. The third-order valence-electron chi connectivity index (χ3n) is 8.36. The SMILES string of the molecule is Oc1c2ccc(c1C=NCCN=Cc1c3ccc(c1O)CCc1ccc(cc1)CC3)CCc1ccc(cc1)CC2. The van der Waals surface area contributed by atoms with Crippen LogP contribution in [0, 0.1) is 0 Å². The number of aromatic hydroxyl groups is 2. The highest BCUT2D eigenvalue weighted by Gasteiger charge is 2.14. The summed E-state index contributed by atoms with van der Waals surface area (Å²) in [5.74, 6) is 0.711. The zero-order valence-corrected chi connectivity index (χ0v) is 22.9. The van der Waals surface area contributed by atoms with Crippen LogP contribution in [-0.4, -0.2) is 35.7 Å². The van der Waals surface area contributed by atoms with E-state index in [0.29, 0.717) is 24.6 Å². The standard InChI is InChI=1S/C36H36N2O2/c39-35-31-15-11-27-5-1-25(2-6-27)9-13-29(17-19-31)33(35)23-37-21-22-38-24-34-30-14-10-26-3-7-28(8-4-26)12-16-32(20-18-30)36(34)40/h1-8,17-20,23-24,39-40H,9-16,21-22H2. The first-order valence-electron chi connectivity index (χ1n) is 14.5. The number of nitrogens with zero attached hydrogens (tertiary/aromatic N) is 2. The van der Waals surface area contributed by atoms with Gasteiger partial charge in [0, 0.05) is 23.6 Å². The molecule has 0 aromatic heterocycles. The summed E-state index contributed by atoms with van der Waals surface area (Å²) in [5.41, 5.74) is 11.0. The summed E-state index contributed by atoms with van der Waals surface area (Å²) in [5, 5.41) is 22.2. The van der Waals surface area contributed by atoms with Crippen molar-refractivity contribution in [3.8, 4) is 11.5 Å². The van der Waals surface area contributed by atoms with E-state index in [1.807, 2.05) is 12.4 Å². The maximum atomic E-state index is 11.1. The number of phenolic OH excluding ortho intramolecular Hbond substituents is 2. The second-order valence-corrected chi connectivity index (χ2v) is 11.0. The van der Waals surface area contributed by atoms with Gasteiger partial charge in [-0.3, -0.25) is 9.98 Å². The first-order chi connectivity index (χ1) is 19.6. The Balaban J connectivity index is 1.15. The predicted octanol–water partition coefficient (Wildman–Crippen LogP) is 6.40. The molecule has 4 heteroatoms. The fourth-order valence-corrected chi connectivity index (χ4v) is 5.81. The molecule has 0 unspecified atom stereocenters. The predicted molar refractivity (Wildman–Crippen MR) is 164 cm³/mol. The van der Waals surface area contributed by atoms with Crippen LogP contribution in [0.3, 0.4) is 0 Å². The van der Waals surface area contributed by atoms with E-state index in [0.717, 1.165) is 84.7 Å². The summed E-state index contributed by atoms with van der Waals surface area (Å²) >= 11 is 0. The van der Waals surface area contributed by atoms with Gasteiger partial charge in [0.25, 0.3) is 0 Å². The summed E-state index contributed by atoms with van der Waals surface area (Å²) in [4.78, 5) is 9.30. The first kappa shape index (κ1) is 26.1. The molecule has 0 atom stereocenters. The van der Waals surface area contributed by atoms with Gasteiger partial charge in [0.1, 0.15) is 11.5 Å². The van der Waals surface area contributed by atoms with Crippen molar-refractivity contribution in [3.63, 3.8) is 0 Å². The molecular formula is C36H36N2O2. The Kier molecular flexibility index (Phi) is 7.76. The second kappa shape index (κ2) is 11.9. The third-order valence-corrected chi connectivity index (χ3v) is 8.36. The summed E-state index contributed by atoms with van der Waals surface area (Å²) in [6, 6.07) is 26.1. The van der Waals surface area contributed by atoms with Gasteiger partial charge in [0.05, 0.1) is 13.1 Å². The molecule has 0 fully saturated rings. The van der Waals surface area contributed by atoms with Crippen molar-refractivity contribution in [1.29, 1.82) is 0 Å². The molecule has 2 N–H and O–H groups in total. The molecule has 0 spiro atoms.